The molecule has 2 aromatic rings. The van der Waals surface area contributed by atoms with Gasteiger partial charge in [-0.1, -0.05) is 62.4 Å². The van der Waals surface area contributed by atoms with E-state index in [1.54, 1.807) is 20.8 Å². The summed E-state index contributed by atoms with van der Waals surface area (Å²) in [5.74, 6) is -1.35. The van der Waals surface area contributed by atoms with E-state index in [2.05, 4.69) is 10.6 Å². The third-order valence-corrected chi connectivity index (χ3v) is 6.02. The highest BCUT2D eigenvalue weighted by Crippen LogP contribution is 2.45. The summed E-state index contributed by atoms with van der Waals surface area (Å²) in [7, 11) is 0. The zero-order valence-electron chi connectivity index (χ0n) is 19.2. The highest BCUT2D eigenvalue weighted by atomic mass is 16.4. The number of nitrogens with one attached hydrogen (secondary N) is 2. The van der Waals surface area contributed by atoms with Gasteiger partial charge in [-0.2, -0.15) is 0 Å². The van der Waals surface area contributed by atoms with Crippen LogP contribution in [0, 0.1) is 5.92 Å². The topological polar surface area (TPSA) is 125 Å². The molecule has 0 saturated carbocycles. The Morgan fingerprint density at radius 2 is 1.52 bits per heavy atom. The Morgan fingerprint density at radius 1 is 0.970 bits per heavy atom. The van der Waals surface area contributed by atoms with E-state index in [0.29, 0.717) is 6.54 Å². The normalized spacial score (nSPS) is 14.2. The van der Waals surface area contributed by atoms with Gasteiger partial charge in [-0.15, -0.1) is 0 Å². The minimum Gasteiger partial charge on any atom is -0.465 e. The minimum atomic E-state index is -1.18. The Labute approximate surface area is 194 Å². The van der Waals surface area contributed by atoms with Gasteiger partial charge in [0.15, 0.2) is 0 Å². The van der Waals surface area contributed by atoms with Crippen molar-refractivity contribution >= 4 is 17.9 Å². The molecule has 3 rings (SSSR count). The number of benzene rings is 2. The SMILES string of the molecule is CC(C)[C@@H](C(=O)N[C@@H](C)C(=O)NCCN)N(CC1c2ccccc2-c2ccccc21)C(=O)O. The molecule has 0 aliphatic heterocycles. The second kappa shape index (κ2) is 10.5. The van der Waals surface area contributed by atoms with Crippen LogP contribution in [-0.2, 0) is 9.59 Å². The van der Waals surface area contributed by atoms with Crippen molar-refractivity contribution in [3.05, 3.63) is 59.7 Å². The van der Waals surface area contributed by atoms with Crippen molar-refractivity contribution in [2.75, 3.05) is 19.6 Å². The van der Waals surface area contributed by atoms with Crippen LogP contribution in [0.3, 0.4) is 0 Å². The maximum atomic E-state index is 13.2. The van der Waals surface area contributed by atoms with Crippen LogP contribution in [0.4, 0.5) is 4.79 Å². The zero-order chi connectivity index (χ0) is 24.1. The van der Waals surface area contributed by atoms with Gasteiger partial charge in [0.1, 0.15) is 12.1 Å². The molecule has 2 atom stereocenters. The van der Waals surface area contributed by atoms with Crippen LogP contribution in [0.15, 0.2) is 48.5 Å². The van der Waals surface area contributed by atoms with Gasteiger partial charge >= 0.3 is 6.09 Å². The Bertz CT molecular complexity index is 977. The van der Waals surface area contributed by atoms with Crippen LogP contribution in [0.5, 0.6) is 0 Å². The molecule has 2 aromatic carbocycles. The molecule has 33 heavy (non-hydrogen) atoms. The zero-order valence-corrected chi connectivity index (χ0v) is 19.2. The monoisotopic (exact) mass is 452 g/mol. The van der Waals surface area contributed by atoms with E-state index in [9.17, 15) is 19.5 Å². The van der Waals surface area contributed by atoms with Crippen LogP contribution in [0.1, 0.15) is 37.8 Å². The lowest BCUT2D eigenvalue weighted by Gasteiger charge is -2.34. The second-order valence-corrected chi connectivity index (χ2v) is 8.66. The fraction of sp³-hybridized carbons (Fsp3) is 0.400. The van der Waals surface area contributed by atoms with Gasteiger partial charge in [0.2, 0.25) is 11.8 Å². The van der Waals surface area contributed by atoms with E-state index in [0.717, 1.165) is 22.3 Å². The number of fused-ring (bicyclic) bond motifs is 3. The minimum absolute atomic E-state index is 0.132. The average molecular weight is 453 g/mol. The molecule has 1 aliphatic carbocycles. The number of rotatable bonds is 9. The van der Waals surface area contributed by atoms with E-state index in [-0.39, 0.29) is 30.8 Å². The average Bonchev–Trinajstić information content (AvgIpc) is 3.10. The molecule has 8 heteroatoms. The Hall–Kier alpha value is -3.39. The van der Waals surface area contributed by atoms with E-state index in [1.165, 1.54) is 4.90 Å². The van der Waals surface area contributed by atoms with Crippen LogP contribution in [0.2, 0.25) is 0 Å². The molecular formula is C25H32N4O4. The van der Waals surface area contributed by atoms with E-state index in [1.807, 2.05) is 48.5 Å². The summed E-state index contributed by atoms with van der Waals surface area (Å²) < 4.78 is 0. The van der Waals surface area contributed by atoms with Crippen molar-refractivity contribution in [1.82, 2.24) is 15.5 Å². The number of amides is 3. The number of carbonyl (C=O) groups is 3. The van der Waals surface area contributed by atoms with Gasteiger partial charge < -0.3 is 21.5 Å². The van der Waals surface area contributed by atoms with Gasteiger partial charge in [0.25, 0.3) is 0 Å². The fourth-order valence-electron chi connectivity index (χ4n) is 4.48. The molecule has 0 saturated heterocycles. The molecule has 5 N–H and O–H groups in total. The maximum absolute atomic E-state index is 13.2. The smallest absolute Gasteiger partial charge is 0.408 e. The third-order valence-electron chi connectivity index (χ3n) is 6.02. The van der Waals surface area contributed by atoms with Crippen molar-refractivity contribution in [3.8, 4) is 11.1 Å². The quantitative estimate of drug-likeness (QED) is 0.465. The van der Waals surface area contributed by atoms with Gasteiger partial charge in [-0.05, 0) is 35.1 Å². The Morgan fingerprint density at radius 3 is 2.00 bits per heavy atom. The van der Waals surface area contributed by atoms with Gasteiger partial charge in [0, 0.05) is 25.6 Å². The lowest BCUT2D eigenvalue weighted by Crippen LogP contribution is -2.56. The lowest BCUT2D eigenvalue weighted by atomic mass is 9.94. The first-order chi connectivity index (χ1) is 15.8. The Balaban J connectivity index is 1.87. The summed E-state index contributed by atoms with van der Waals surface area (Å²) in [6, 6.07) is 14.1. The molecule has 0 bridgehead atoms. The number of nitrogens with two attached hydrogens (primary N) is 1. The number of hydrogen-bond acceptors (Lipinski definition) is 4. The standard InChI is InChI=1S/C25H32N4O4/c1-15(2)22(24(31)28-16(3)23(30)27-13-12-26)29(25(32)33)14-21-19-10-6-4-8-17(19)18-9-5-7-11-20(18)21/h4-11,15-16,21-22H,12-14,26H2,1-3H3,(H,27,30)(H,28,31)(H,32,33)/t16-,22-/m0/s1. The molecule has 0 spiro atoms. The highest BCUT2D eigenvalue weighted by Gasteiger charge is 2.38. The van der Waals surface area contributed by atoms with E-state index < -0.39 is 24.1 Å². The molecule has 176 valence electrons. The van der Waals surface area contributed by atoms with Crippen LogP contribution < -0.4 is 16.4 Å². The first-order valence-corrected chi connectivity index (χ1v) is 11.2. The number of carbonyl (C=O) groups excluding carboxylic acids is 2. The van der Waals surface area contributed by atoms with Gasteiger partial charge in [-0.3, -0.25) is 14.5 Å². The molecule has 3 amide bonds. The summed E-state index contributed by atoms with van der Waals surface area (Å²) in [6.45, 7) is 5.89. The summed E-state index contributed by atoms with van der Waals surface area (Å²) in [6.07, 6.45) is -1.18. The van der Waals surface area contributed by atoms with Crippen molar-refractivity contribution in [1.29, 1.82) is 0 Å². The van der Waals surface area contributed by atoms with Crippen molar-refractivity contribution in [3.63, 3.8) is 0 Å². The first-order valence-electron chi connectivity index (χ1n) is 11.2. The summed E-state index contributed by atoms with van der Waals surface area (Å²) in [4.78, 5) is 38.9. The molecule has 0 fully saturated rings. The molecule has 0 radical (unpaired) electrons. The van der Waals surface area contributed by atoms with Crippen LogP contribution in [0.25, 0.3) is 11.1 Å². The summed E-state index contributed by atoms with van der Waals surface area (Å²) >= 11 is 0. The molecule has 8 nitrogen and oxygen atoms in total. The summed E-state index contributed by atoms with van der Waals surface area (Å²) in [5, 5.41) is 15.4. The molecule has 1 aliphatic rings. The fourth-order valence-corrected chi connectivity index (χ4v) is 4.48. The van der Waals surface area contributed by atoms with Gasteiger partial charge in [0.05, 0.1) is 0 Å². The molecule has 0 heterocycles. The number of nitrogens with zero attached hydrogens (tertiary/aromatic N) is 1. The summed E-state index contributed by atoms with van der Waals surface area (Å²) in [5.41, 5.74) is 9.66. The predicted molar refractivity (Wildman–Crippen MR) is 127 cm³/mol. The number of hydrogen-bond donors (Lipinski definition) is 4. The van der Waals surface area contributed by atoms with Crippen molar-refractivity contribution in [2.45, 2.75) is 38.8 Å². The lowest BCUT2D eigenvalue weighted by molar-refractivity contribution is -0.132. The predicted octanol–water partition coefficient (Wildman–Crippen LogP) is 2.38. The number of carboxylic acid groups (broad SMARTS) is 1. The first kappa shape index (κ1) is 24.3. The highest BCUT2D eigenvalue weighted by molar-refractivity contribution is 5.91. The van der Waals surface area contributed by atoms with E-state index in [4.69, 9.17) is 5.73 Å². The van der Waals surface area contributed by atoms with Crippen molar-refractivity contribution in [2.24, 2.45) is 11.7 Å². The third kappa shape index (κ3) is 5.17. The van der Waals surface area contributed by atoms with Gasteiger partial charge in [-0.25, -0.2) is 4.79 Å². The largest absolute Gasteiger partial charge is 0.465 e. The Kier molecular flexibility index (Phi) is 7.71. The molecular weight excluding hydrogens is 420 g/mol. The van der Waals surface area contributed by atoms with E-state index >= 15 is 0 Å². The molecule has 0 unspecified atom stereocenters. The molecule has 0 aromatic heterocycles. The maximum Gasteiger partial charge on any atom is 0.408 e. The van der Waals surface area contributed by atoms with Crippen LogP contribution >= 0.6 is 0 Å². The second-order valence-electron chi connectivity index (χ2n) is 8.66. The van der Waals surface area contributed by atoms with Crippen LogP contribution in [-0.4, -0.2) is 59.6 Å². The van der Waals surface area contributed by atoms with Crippen molar-refractivity contribution < 1.29 is 19.5 Å².